The molecule has 1 aliphatic heterocycles. The average molecular weight is 174 g/mol. The first kappa shape index (κ1) is 8.52. The lowest BCUT2D eigenvalue weighted by Gasteiger charge is -2.10. The summed E-state index contributed by atoms with van der Waals surface area (Å²) in [6.07, 6.45) is 4.64. The third kappa shape index (κ3) is 1.81. The molecule has 1 fully saturated rings. The summed E-state index contributed by atoms with van der Waals surface area (Å²) in [5, 5.41) is 0. The molecule has 0 radical (unpaired) electrons. The topological polar surface area (TPSA) is 9.23 Å². The Hall–Kier alpha value is -1.08. The van der Waals surface area contributed by atoms with Gasteiger partial charge in [-0.1, -0.05) is 36.4 Å². The molecule has 0 spiro atoms. The summed E-state index contributed by atoms with van der Waals surface area (Å²) in [4.78, 5) is 0. The summed E-state index contributed by atoms with van der Waals surface area (Å²) < 4.78 is 5.78. The minimum absolute atomic E-state index is 0.255. The maximum absolute atomic E-state index is 5.78. The Kier molecular flexibility index (Phi) is 2.46. The van der Waals surface area contributed by atoms with Crippen LogP contribution in [0.5, 0.6) is 0 Å². The summed E-state index contributed by atoms with van der Waals surface area (Å²) in [6, 6.07) is 10.4. The smallest absolute Gasteiger partial charge is 0.0834 e. The number of benzene rings is 1. The lowest BCUT2D eigenvalue weighted by Crippen LogP contribution is -2.01. The van der Waals surface area contributed by atoms with Crippen LogP contribution in [0.15, 0.2) is 43.0 Å². The van der Waals surface area contributed by atoms with Crippen LogP contribution in [0.1, 0.15) is 24.5 Å². The van der Waals surface area contributed by atoms with E-state index in [0.29, 0.717) is 0 Å². The van der Waals surface area contributed by atoms with Crippen molar-refractivity contribution in [2.75, 3.05) is 0 Å². The molecule has 13 heavy (non-hydrogen) atoms. The van der Waals surface area contributed by atoms with Crippen LogP contribution in [0.25, 0.3) is 0 Å². The summed E-state index contributed by atoms with van der Waals surface area (Å²) in [5.41, 5.74) is 1.28. The molecule has 1 nitrogen and oxygen atoms in total. The zero-order valence-electron chi connectivity index (χ0n) is 7.65. The highest BCUT2D eigenvalue weighted by Gasteiger charge is 2.23. The van der Waals surface area contributed by atoms with Crippen molar-refractivity contribution in [1.82, 2.24) is 0 Å². The monoisotopic (exact) mass is 174 g/mol. The maximum Gasteiger partial charge on any atom is 0.0834 e. The SMILES string of the molecule is C=CC1CCC(c2ccccc2)O1. The van der Waals surface area contributed by atoms with Crippen LogP contribution >= 0.6 is 0 Å². The van der Waals surface area contributed by atoms with Gasteiger partial charge in [-0.3, -0.25) is 0 Å². The highest BCUT2D eigenvalue weighted by molar-refractivity contribution is 5.18. The van der Waals surface area contributed by atoms with Gasteiger partial charge in [-0.25, -0.2) is 0 Å². The summed E-state index contributed by atoms with van der Waals surface area (Å²) in [7, 11) is 0. The van der Waals surface area contributed by atoms with Crippen molar-refractivity contribution in [3.63, 3.8) is 0 Å². The average Bonchev–Trinajstić information content (AvgIpc) is 2.67. The Bertz CT molecular complexity index is 278. The van der Waals surface area contributed by atoms with Crippen molar-refractivity contribution in [1.29, 1.82) is 0 Å². The summed E-state index contributed by atoms with van der Waals surface area (Å²) in [6.45, 7) is 3.75. The van der Waals surface area contributed by atoms with Gasteiger partial charge in [0.25, 0.3) is 0 Å². The van der Waals surface area contributed by atoms with Crippen molar-refractivity contribution in [3.8, 4) is 0 Å². The molecule has 2 unspecified atom stereocenters. The Morgan fingerprint density at radius 3 is 2.62 bits per heavy atom. The molecular weight excluding hydrogens is 160 g/mol. The van der Waals surface area contributed by atoms with Gasteiger partial charge in [-0.15, -0.1) is 6.58 Å². The lowest BCUT2D eigenvalue weighted by molar-refractivity contribution is 0.0713. The molecule has 1 aliphatic rings. The van der Waals surface area contributed by atoms with E-state index in [2.05, 4.69) is 30.8 Å². The molecule has 0 saturated carbocycles. The highest BCUT2D eigenvalue weighted by atomic mass is 16.5. The van der Waals surface area contributed by atoms with E-state index in [9.17, 15) is 0 Å². The zero-order chi connectivity index (χ0) is 9.10. The molecule has 1 aromatic rings. The van der Waals surface area contributed by atoms with Crippen molar-refractivity contribution in [2.45, 2.75) is 25.0 Å². The number of hydrogen-bond acceptors (Lipinski definition) is 1. The van der Waals surface area contributed by atoms with Gasteiger partial charge >= 0.3 is 0 Å². The standard InChI is InChI=1S/C12H14O/c1-2-11-8-9-12(13-11)10-6-4-3-5-7-10/h2-7,11-12H,1,8-9H2. The highest BCUT2D eigenvalue weighted by Crippen LogP contribution is 2.32. The number of ether oxygens (including phenoxy) is 1. The second kappa shape index (κ2) is 3.75. The van der Waals surface area contributed by atoms with Crippen LogP contribution in [0.2, 0.25) is 0 Å². The van der Waals surface area contributed by atoms with Crippen LogP contribution in [-0.2, 0) is 4.74 Å². The lowest BCUT2D eigenvalue weighted by atomic mass is 10.1. The van der Waals surface area contributed by atoms with Crippen LogP contribution in [0.4, 0.5) is 0 Å². The molecule has 1 aromatic carbocycles. The van der Waals surface area contributed by atoms with Gasteiger partial charge in [-0.05, 0) is 18.4 Å². The fourth-order valence-corrected chi connectivity index (χ4v) is 1.75. The van der Waals surface area contributed by atoms with Gasteiger partial charge in [0.15, 0.2) is 0 Å². The second-order valence-corrected chi connectivity index (χ2v) is 3.39. The van der Waals surface area contributed by atoms with Gasteiger partial charge in [0, 0.05) is 0 Å². The third-order valence-corrected chi connectivity index (χ3v) is 2.49. The van der Waals surface area contributed by atoms with E-state index in [1.165, 1.54) is 5.56 Å². The fraction of sp³-hybridized carbons (Fsp3) is 0.333. The van der Waals surface area contributed by atoms with E-state index in [1.54, 1.807) is 0 Å². The van der Waals surface area contributed by atoms with Crippen LogP contribution in [0.3, 0.4) is 0 Å². The molecule has 0 aromatic heterocycles. The Balaban J connectivity index is 2.08. The number of rotatable bonds is 2. The van der Waals surface area contributed by atoms with E-state index in [1.807, 2.05) is 12.1 Å². The van der Waals surface area contributed by atoms with E-state index in [0.717, 1.165) is 12.8 Å². The molecule has 2 atom stereocenters. The largest absolute Gasteiger partial charge is 0.366 e. The van der Waals surface area contributed by atoms with E-state index < -0.39 is 0 Å². The predicted molar refractivity (Wildman–Crippen MR) is 53.5 cm³/mol. The summed E-state index contributed by atoms with van der Waals surface area (Å²) >= 11 is 0. The number of hydrogen-bond donors (Lipinski definition) is 0. The van der Waals surface area contributed by atoms with Gasteiger partial charge < -0.3 is 4.74 Å². The van der Waals surface area contributed by atoms with Crippen LogP contribution in [-0.4, -0.2) is 6.10 Å². The summed E-state index contributed by atoms with van der Waals surface area (Å²) in [5.74, 6) is 0. The van der Waals surface area contributed by atoms with Crippen LogP contribution < -0.4 is 0 Å². The van der Waals surface area contributed by atoms with Gasteiger partial charge in [0.2, 0.25) is 0 Å². The third-order valence-electron chi connectivity index (χ3n) is 2.49. The van der Waals surface area contributed by atoms with E-state index in [4.69, 9.17) is 4.74 Å². The first-order chi connectivity index (χ1) is 6.40. The molecule has 0 N–H and O–H groups in total. The fourth-order valence-electron chi connectivity index (χ4n) is 1.75. The quantitative estimate of drug-likeness (QED) is 0.626. The molecule has 0 amide bonds. The van der Waals surface area contributed by atoms with Crippen molar-refractivity contribution in [2.24, 2.45) is 0 Å². The molecular formula is C12H14O. The Labute approximate surface area is 79.0 Å². The molecule has 2 rings (SSSR count). The van der Waals surface area contributed by atoms with Gasteiger partial charge in [0.1, 0.15) is 0 Å². The van der Waals surface area contributed by atoms with Gasteiger partial charge in [-0.2, -0.15) is 0 Å². The van der Waals surface area contributed by atoms with Crippen LogP contribution in [0, 0.1) is 0 Å². The maximum atomic E-state index is 5.78. The molecule has 0 bridgehead atoms. The first-order valence-corrected chi connectivity index (χ1v) is 4.73. The minimum atomic E-state index is 0.255. The molecule has 1 saturated heterocycles. The predicted octanol–water partition coefficient (Wildman–Crippen LogP) is 3.09. The minimum Gasteiger partial charge on any atom is -0.366 e. The van der Waals surface area contributed by atoms with E-state index in [-0.39, 0.29) is 12.2 Å². The normalized spacial score (nSPS) is 27.4. The Morgan fingerprint density at radius 1 is 1.23 bits per heavy atom. The molecule has 0 aliphatic carbocycles. The molecule has 1 heterocycles. The van der Waals surface area contributed by atoms with E-state index >= 15 is 0 Å². The Morgan fingerprint density at radius 2 is 2.00 bits per heavy atom. The van der Waals surface area contributed by atoms with Gasteiger partial charge in [0.05, 0.1) is 12.2 Å². The first-order valence-electron chi connectivity index (χ1n) is 4.73. The van der Waals surface area contributed by atoms with Crippen molar-refractivity contribution >= 4 is 0 Å². The zero-order valence-corrected chi connectivity index (χ0v) is 7.65. The second-order valence-electron chi connectivity index (χ2n) is 3.39. The molecule has 68 valence electrons. The van der Waals surface area contributed by atoms with Crippen molar-refractivity contribution in [3.05, 3.63) is 48.6 Å². The molecule has 1 heteroatoms. The van der Waals surface area contributed by atoms with Crippen molar-refractivity contribution < 1.29 is 4.74 Å².